The molecule has 282 valence electrons. The molecule has 1 atom stereocenters. The lowest BCUT2D eigenvalue weighted by Gasteiger charge is -2.41. The summed E-state index contributed by atoms with van der Waals surface area (Å²) < 4.78 is 31.3. The molecule has 1 aromatic heterocycles. The maximum Gasteiger partial charge on any atom is 0.404 e. The molecule has 4 rings (SSSR count). The molecule has 6 amide bonds. The standard InChI is InChI=1S/C38H44F2N6O7/c1-38(2,3)36(30-20-26(28-21-27(39)10-11-29(28)40)23-44(30)22-25-8-5-4-6-9-25)45(19-7-16-43-37(52)53)33(49)13-12-31(47)41-17-18-42-32(48)24-46-34(50)14-15-35(46)51/h4-6,8-11,14-15,20-21,23,36,43H,7,12-13,16-19,22,24H2,1-3H3,(H,41,47)(H,42,48)(H,52,53). The van der Waals surface area contributed by atoms with Crippen molar-refractivity contribution in [3.63, 3.8) is 0 Å². The van der Waals surface area contributed by atoms with Gasteiger partial charge in [0.2, 0.25) is 17.7 Å². The Balaban J connectivity index is 1.53. The average molecular weight is 735 g/mol. The first-order chi connectivity index (χ1) is 25.1. The normalized spacial score (nSPS) is 13.2. The van der Waals surface area contributed by atoms with E-state index in [1.807, 2.05) is 55.7 Å². The molecule has 53 heavy (non-hydrogen) atoms. The summed E-state index contributed by atoms with van der Waals surface area (Å²) in [6.45, 7) is 5.92. The van der Waals surface area contributed by atoms with E-state index in [1.165, 1.54) is 0 Å². The van der Waals surface area contributed by atoms with Crippen LogP contribution in [0.2, 0.25) is 0 Å². The molecule has 15 heteroatoms. The Hall–Kier alpha value is -5.86. The number of nitrogens with zero attached hydrogens (tertiary/aromatic N) is 3. The number of imide groups is 1. The van der Waals surface area contributed by atoms with Gasteiger partial charge >= 0.3 is 6.09 Å². The van der Waals surface area contributed by atoms with Gasteiger partial charge in [-0.1, -0.05) is 51.1 Å². The molecule has 4 N–H and O–H groups in total. The third-order valence-electron chi connectivity index (χ3n) is 8.49. The summed E-state index contributed by atoms with van der Waals surface area (Å²) in [5.74, 6) is -3.83. The summed E-state index contributed by atoms with van der Waals surface area (Å²) in [6, 6.07) is 13.8. The summed E-state index contributed by atoms with van der Waals surface area (Å²) in [6.07, 6.45) is 2.51. The highest BCUT2D eigenvalue weighted by Crippen LogP contribution is 2.41. The molecule has 0 saturated heterocycles. The van der Waals surface area contributed by atoms with Gasteiger partial charge in [-0.25, -0.2) is 13.6 Å². The SMILES string of the molecule is CC(C)(C)C(c1cc(-c2cc(F)ccc2F)cn1Cc1ccccc1)N(CCCNC(=O)O)C(=O)CCC(=O)NCCNC(=O)CN1C(=O)C=CC1=O. The number of rotatable bonds is 17. The minimum atomic E-state index is -1.21. The van der Waals surface area contributed by atoms with Crippen molar-refractivity contribution >= 4 is 35.6 Å². The molecule has 2 heterocycles. The Kier molecular flexibility index (Phi) is 13.6. The van der Waals surface area contributed by atoms with Crippen LogP contribution in [0, 0.1) is 17.0 Å². The van der Waals surface area contributed by atoms with Gasteiger partial charge in [-0.15, -0.1) is 0 Å². The van der Waals surface area contributed by atoms with Crippen LogP contribution in [0.15, 0.2) is 72.9 Å². The summed E-state index contributed by atoms with van der Waals surface area (Å²) in [5, 5.41) is 16.6. The predicted molar refractivity (Wildman–Crippen MR) is 191 cm³/mol. The second-order valence-electron chi connectivity index (χ2n) is 13.6. The van der Waals surface area contributed by atoms with Crippen LogP contribution in [0.25, 0.3) is 11.1 Å². The second kappa shape index (κ2) is 18.1. The van der Waals surface area contributed by atoms with Gasteiger partial charge in [0.15, 0.2) is 0 Å². The third kappa shape index (κ3) is 11.3. The number of carbonyl (C=O) groups excluding carboxylic acids is 5. The summed E-state index contributed by atoms with van der Waals surface area (Å²) >= 11 is 0. The van der Waals surface area contributed by atoms with Crippen LogP contribution >= 0.6 is 0 Å². The first kappa shape index (κ1) is 39.9. The van der Waals surface area contributed by atoms with Gasteiger partial charge in [0.25, 0.3) is 11.8 Å². The van der Waals surface area contributed by atoms with Gasteiger partial charge in [0.05, 0.1) is 6.04 Å². The molecule has 0 aliphatic carbocycles. The molecule has 1 aliphatic heterocycles. The Labute approximate surface area is 306 Å². The first-order valence-corrected chi connectivity index (χ1v) is 17.2. The van der Waals surface area contributed by atoms with Crippen molar-refractivity contribution < 1.29 is 42.7 Å². The molecular formula is C38H44F2N6O7. The number of hydrogen-bond acceptors (Lipinski definition) is 6. The Morgan fingerprint density at radius 1 is 0.849 bits per heavy atom. The quantitative estimate of drug-likeness (QED) is 0.120. The van der Waals surface area contributed by atoms with Crippen molar-refractivity contribution in [2.45, 2.75) is 52.6 Å². The molecule has 0 radical (unpaired) electrons. The molecule has 3 aromatic rings. The van der Waals surface area contributed by atoms with E-state index in [0.717, 1.165) is 40.8 Å². The number of halogens is 2. The molecule has 0 saturated carbocycles. The van der Waals surface area contributed by atoms with Crippen molar-refractivity contribution in [1.29, 1.82) is 0 Å². The zero-order valence-electron chi connectivity index (χ0n) is 29.9. The molecule has 13 nitrogen and oxygen atoms in total. The van der Waals surface area contributed by atoms with Crippen LogP contribution in [0.1, 0.15) is 57.3 Å². The Bertz CT molecular complexity index is 1840. The minimum absolute atomic E-state index is 0.0175. The highest BCUT2D eigenvalue weighted by molar-refractivity contribution is 6.14. The highest BCUT2D eigenvalue weighted by Gasteiger charge is 2.37. The summed E-state index contributed by atoms with van der Waals surface area (Å²) in [4.78, 5) is 75.9. The Morgan fingerprint density at radius 2 is 1.51 bits per heavy atom. The molecule has 1 aliphatic rings. The van der Waals surface area contributed by atoms with E-state index in [9.17, 15) is 33.2 Å². The van der Waals surface area contributed by atoms with Crippen LogP contribution in [0.3, 0.4) is 0 Å². The van der Waals surface area contributed by atoms with Crippen molar-refractivity contribution in [2.24, 2.45) is 5.41 Å². The number of carbonyl (C=O) groups is 6. The largest absolute Gasteiger partial charge is 0.465 e. The van der Waals surface area contributed by atoms with Gasteiger partial charge in [-0.3, -0.25) is 28.9 Å². The van der Waals surface area contributed by atoms with E-state index in [0.29, 0.717) is 17.8 Å². The third-order valence-corrected chi connectivity index (χ3v) is 8.49. The van der Waals surface area contributed by atoms with Gasteiger partial charge in [0.1, 0.15) is 18.2 Å². The van der Waals surface area contributed by atoms with Crippen molar-refractivity contribution in [1.82, 2.24) is 30.3 Å². The van der Waals surface area contributed by atoms with E-state index < -0.39 is 59.4 Å². The molecular weight excluding hydrogens is 690 g/mol. The fourth-order valence-corrected chi connectivity index (χ4v) is 6.10. The van der Waals surface area contributed by atoms with Crippen LogP contribution in [-0.2, 0) is 30.5 Å². The lowest BCUT2D eigenvalue weighted by atomic mass is 9.82. The number of hydrogen-bond donors (Lipinski definition) is 4. The van der Waals surface area contributed by atoms with Crippen LogP contribution in [0.4, 0.5) is 13.6 Å². The minimum Gasteiger partial charge on any atom is -0.465 e. The maximum atomic E-state index is 15.1. The van der Waals surface area contributed by atoms with E-state index in [4.69, 9.17) is 5.11 Å². The number of nitrogens with one attached hydrogen (secondary N) is 3. The second-order valence-corrected chi connectivity index (χ2v) is 13.6. The van der Waals surface area contributed by atoms with E-state index in [-0.39, 0.29) is 56.9 Å². The smallest absolute Gasteiger partial charge is 0.404 e. The van der Waals surface area contributed by atoms with E-state index >= 15 is 4.39 Å². The van der Waals surface area contributed by atoms with Crippen LogP contribution in [-0.4, -0.2) is 87.8 Å². The zero-order valence-corrected chi connectivity index (χ0v) is 29.9. The number of carboxylic acid groups (broad SMARTS) is 1. The summed E-state index contributed by atoms with van der Waals surface area (Å²) in [5.41, 5.74) is 1.38. The summed E-state index contributed by atoms with van der Waals surface area (Å²) in [7, 11) is 0. The van der Waals surface area contributed by atoms with Crippen LogP contribution in [0.5, 0.6) is 0 Å². The first-order valence-electron chi connectivity index (χ1n) is 17.2. The number of benzene rings is 2. The van der Waals surface area contributed by atoms with Gasteiger partial charge in [0, 0.05) is 80.7 Å². The van der Waals surface area contributed by atoms with E-state index in [1.54, 1.807) is 17.2 Å². The fourth-order valence-electron chi connectivity index (χ4n) is 6.10. The van der Waals surface area contributed by atoms with Gasteiger partial charge < -0.3 is 30.5 Å². The van der Waals surface area contributed by atoms with Gasteiger partial charge in [-0.2, -0.15) is 0 Å². The fraction of sp³-hybridized carbons (Fsp3) is 0.368. The van der Waals surface area contributed by atoms with Crippen molar-refractivity contribution in [3.05, 3.63) is 95.8 Å². The van der Waals surface area contributed by atoms with Crippen LogP contribution < -0.4 is 16.0 Å². The lowest BCUT2D eigenvalue weighted by molar-refractivity contribution is -0.141. The van der Waals surface area contributed by atoms with Crippen molar-refractivity contribution in [2.75, 3.05) is 32.7 Å². The topological polar surface area (TPSA) is 170 Å². The maximum absolute atomic E-state index is 15.1. The Morgan fingerprint density at radius 3 is 2.15 bits per heavy atom. The zero-order chi connectivity index (χ0) is 38.7. The predicted octanol–water partition coefficient (Wildman–Crippen LogP) is 3.99. The molecule has 0 fully saturated rings. The van der Waals surface area contributed by atoms with Gasteiger partial charge in [-0.05, 0) is 41.7 Å². The number of amides is 6. The number of aromatic nitrogens is 1. The molecule has 1 unspecified atom stereocenters. The molecule has 2 aromatic carbocycles. The van der Waals surface area contributed by atoms with E-state index in [2.05, 4.69) is 16.0 Å². The monoisotopic (exact) mass is 734 g/mol. The van der Waals surface area contributed by atoms with Crippen molar-refractivity contribution in [3.8, 4) is 11.1 Å². The highest BCUT2D eigenvalue weighted by atomic mass is 19.1. The lowest BCUT2D eigenvalue weighted by Crippen LogP contribution is -2.44. The average Bonchev–Trinajstić information content (AvgIpc) is 3.65. The molecule has 0 bridgehead atoms. The molecule has 0 spiro atoms.